The number of hydrogen-bond donors (Lipinski definition) is 1. The average Bonchev–Trinajstić information content (AvgIpc) is 2.61. The van der Waals surface area contributed by atoms with E-state index in [1.807, 2.05) is 0 Å². The molecular weight excluding hydrogens is 172 g/mol. The van der Waals surface area contributed by atoms with Gasteiger partial charge in [0, 0.05) is 18.3 Å². The van der Waals surface area contributed by atoms with E-state index in [4.69, 9.17) is 0 Å². The Kier molecular flexibility index (Phi) is 1.77. The van der Waals surface area contributed by atoms with Gasteiger partial charge in [-0.05, 0) is 37.6 Å². The molecule has 2 heteroatoms. The summed E-state index contributed by atoms with van der Waals surface area (Å²) in [6.07, 6.45) is 1.34. The molecule has 2 nitrogen and oxygen atoms in total. The first-order valence-electron chi connectivity index (χ1n) is 5.39. The molecular formula is C12H16N2. The molecule has 2 aliphatic heterocycles. The fourth-order valence-corrected chi connectivity index (χ4v) is 2.89. The fourth-order valence-electron chi connectivity index (χ4n) is 2.89. The molecule has 0 radical (unpaired) electrons. The van der Waals surface area contributed by atoms with Crippen LogP contribution >= 0.6 is 0 Å². The molecule has 2 heterocycles. The minimum atomic E-state index is 0.660. The van der Waals surface area contributed by atoms with Crippen LogP contribution < -0.4 is 5.32 Å². The number of anilines is 1. The quantitative estimate of drug-likeness (QED) is 0.670. The average molecular weight is 188 g/mol. The molecule has 0 spiro atoms. The second-order valence-corrected chi connectivity index (χ2v) is 4.44. The number of benzene rings is 1. The van der Waals surface area contributed by atoms with Crippen molar-refractivity contribution in [2.24, 2.45) is 5.92 Å². The zero-order valence-electron chi connectivity index (χ0n) is 8.53. The summed E-state index contributed by atoms with van der Waals surface area (Å²) in [6.45, 7) is 2.39. The fraction of sp³-hybridized carbons (Fsp3) is 0.500. The van der Waals surface area contributed by atoms with Crippen molar-refractivity contribution >= 4 is 5.69 Å². The van der Waals surface area contributed by atoms with Crippen molar-refractivity contribution in [3.63, 3.8) is 0 Å². The molecule has 0 bridgehead atoms. The molecule has 1 aromatic rings. The van der Waals surface area contributed by atoms with E-state index in [9.17, 15) is 0 Å². The van der Waals surface area contributed by atoms with Gasteiger partial charge in [0.15, 0.2) is 0 Å². The van der Waals surface area contributed by atoms with Gasteiger partial charge in [0.25, 0.3) is 0 Å². The summed E-state index contributed by atoms with van der Waals surface area (Å²) in [5, 5.41) is 3.53. The molecule has 1 fully saturated rings. The van der Waals surface area contributed by atoms with Crippen LogP contribution in [-0.2, 0) is 0 Å². The van der Waals surface area contributed by atoms with Crippen molar-refractivity contribution in [3.8, 4) is 0 Å². The molecule has 1 aromatic carbocycles. The van der Waals surface area contributed by atoms with E-state index < -0.39 is 0 Å². The molecule has 3 rings (SSSR count). The van der Waals surface area contributed by atoms with E-state index in [0.29, 0.717) is 6.04 Å². The van der Waals surface area contributed by atoms with Crippen molar-refractivity contribution in [1.82, 2.24) is 4.90 Å². The van der Waals surface area contributed by atoms with Gasteiger partial charge < -0.3 is 5.32 Å². The lowest BCUT2D eigenvalue weighted by Crippen LogP contribution is -2.29. The van der Waals surface area contributed by atoms with Gasteiger partial charge in [-0.3, -0.25) is 4.90 Å². The second kappa shape index (κ2) is 2.99. The Balaban J connectivity index is 2.07. The molecule has 1 saturated heterocycles. The monoisotopic (exact) mass is 188 g/mol. The van der Waals surface area contributed by atoms with Crippen molar-refractivity contribution < 1.29 is 0 Å². The largest absolute Gasteiger partial charge is 0.384 e. The highest BCUT2D eigenvalue weighted by Gasteiger charge is 2.36. The summed E-state index contributed by atoms with van der Waals surface area (Å²) in [7, 11) is 2.24. The van der Waals surface area contributed by atoms with Crippen LogP contribution in [0, 0.1) is 5.92 Å². The van der Waals surface area contributed by atoms with Gasteiger partial charge in [0.2, 0.25) is 0 Å². The van der Waals surface area contributed by atoms with E-state index >= 15 is 0 Å². The van der Waals surface area contributed by atoms with Crippen LogP contribution in [0.4, 0.5) is 5.69 Å². The van der Waals surface area contributed by atoms with Crippen LogP contribution in [0.2, 0.25) is 0 Å². The number of nitrogens with one attached hydrogen (secondary N) is 1. The van der Waals surface area contributed by atoms with Crippen LogP contribution in [0.3, 0.4) is 0 Å². The highest BCUT2D eigenvalue weighted by Crippen LogP contribution is 2.42. The first-order chi connectivity index (χ1) is 6.86. The normalized spacial score (nSPS) is 30.6. The third kappa shape index (κ3) is 1.07. The lowest BCUT2D eigenvalue weighted by molar-refractivity contribution is 0.277. The molecule has 0 amide bonds. The Hall–Kier alpha value is -1.02. The van der Waals surface area contributed by atoms with Crippen molar-refractivity contribution in [1.29, 1.82) is 0 Å². The summed E-state index contributed by atoms with van der Waals surface area (Å²) in [5.74, 6) is 0.815. The lowest BCUT2D eigenvalue weighted by Gasteiger charge is -2.32. The van der Waals surface area contributed by atoms with Gasteiger partial charge >= 0.3 is 0 Å². The molecule has 2 unspecified atom stereocenters. The van der Waals surface area contributed by atoms with Crippen molar-refractivity contribution in [2.75, 3.05) is 25.5 Å². The summed E-state index contributed by atoms with van der Waals surface area (Å²) >= 11 is 0. The van der Waals surface area contributed by atoms with Gasteiger partial charge in [-0.25, -0.2) is 0 Å². The maximum absolute atomic E-state index is 3.53. The Bertz CT molecular complexity index is 348. The Morgan fingerprint density at radius 3 is 3.14 bits per heavy atom. The minimum Gasteiger partial charge on any atom is -0.384 e. The maximum atomic E-state index is 3.53. The third-order valence-electron chi connectivity index (χ3n) is 3.61. The zero-order chi connectivity index (χ0) is 9.54. The first-order valence-corrected chi connectivity index (χ1v) is 5.39. The Labute approximate surface area is 84.9 Å². The first kappa shape index (κ1) is 8.30. The minimum absolute atomic E-state index is 0.660. The highest BCUT2D eigenvalue weighted by atomic mass is 15.2. The standard InChI is InChI=1S/C12H16N2/c1-14-7-6-9-8-13-11-5-3-2-4-10(11)12(9)14/h2-5,9,12-13H,6-8H2,1H3. The molecule has 1 N–H and O–H groups in total. The third-order valence-corrected chi connectivity index (χ3v) is 3.61. The van der Waals surface area contributed by atoms with E-state index in [-0.39, 0.29) is 0 Å². The SMILES string of the molecule is CN1CCC2CNc3ccccc3C21. The van der Waals surface area contributed by atoms with Gasteiger partial charge in [-0.2, -0.15) is 0 Å². The molecule has 0 aliphatic carbocycles. The molecule has 2 aliphatic rings. The predicted octanol–water partition coefficient (Wildman–Crippen LogP) is 2.10. The van der Waals surface area contributed by atoms with Crippen LogP contribution in [-0.4, -0.2) is 25.0 Å². The topological polar surface area (TPSA) is 15.3 Å². The van der Waals surface area contributed by atoms with Gasteiger partial charge in [0.05, 0.1) is 0 Å². The summed E-state index contributed by atoms with van der Waals surface area (Å²) in [4.78, 5) is 2.49. The number of hydrogen-bond acceptors (Lipinski definition) is 2. The summed E-state index contributed by atoms with van der Waals surface area (Å²) < 4.78 is 0. The van der Waals surface area contributed by atoms with E-state index in [1.165, 1.54) is 24.2 Å². The van der Waals surface area contributed by atoms with Crippen molar-refractivity contribution in [2.45, 2.75) is 12.5 Å². The highest BCUT2D eigenvalue weighted by molar-refractivity contribution is 5.55. The van der Waals surface area contributed by atoms with Gasteiger partial charge in [-0.1, -0.05) is 18.2 Å². The number of rotatable bonds is 0. The second-order valence-electron chi connectivity index (χ2n) is 4.44. The number of para-hydroxylation sites is 1. The van der Waals surface area contributed by atoms with Gasteiger partial charge in [0.1, 0.15) is 0 Å². The summed E-state index contributed by atoms with van der Waals surface area (Å²) in [6, 6.07) is 9.38. The van der Waals surface area contributed by atoms with Gasteiger partial charge in [-0.15, -0.1) is 0 Å². The van der Waals surface area contributed by atoms with E-state index in [0.717, 1.165) is 12.5 Å². The van der Waals surface area contributed by atoms with Crippen LogP contribution in [0.1, 0.15) is 18.0 Å². The lowest BCUT2D eigenvalue weighted by atomic mass is 9.89. The maximum Gasteiger partial charge on any atom is 0.0410 e. The van der Waals surface area contributed by atoms with Crippen molar-refractivity contribution in [3.05, 3.63) is 29.8 Å². The van der Waals surface area contributed by atoms with E-state index in [2.05, 4.69) is 41.5 Å². The molecule has 74 valence electrons. The van der Waals surface area contributed by atoms with Crippen LogP contribution in [0.25, 0.3) is 0 Å². The van der Waals surface area contributed by atoms with E-state index in [1.54, 1.807) is 0 Å². The molecule has 0 aromatic heterocycles. The zero-order valence-corrected chi connectivity index (χ0v) is 8.53. The molecule has 2 atom stereocenters. The number of nitrogens with zero attached hydrogens (tertiary/aromatic N) is 1. The smallest absolute Gasteiger partial charge is 0.0410 e. The number of likely N-dealkylation sites (tertiary alicyclic amines) is 1. The molecule has 14 heavy (non-hydrogen) atoms. The molecule has 0 saturated carbocycles. The predicted molar refractivity (Wildman–Crippen MR) is 58.4 cm³/mol. The Morgan fingerprint density at radius 1 is 1.36 bits per heavy atom. The number of fused-ring (bicyclic) bond motifs is 3. The van der Waals surface area contributed by atoms with Crippen LogP contribution in [0.5, 0.6) is 0 Å². The summed E-state index contributed by atoms with van der Waals surface area (Å²) in [5.41, 5.74) is 2.83. The van der Waals surface area contributed by atoms with Crippen LogP contribution in [0.15, 0.2) is 24.3 Å². The Morgan fingerprint density at radius 2 is 2.21 bits per heavy atom.